The average Bonchev–Trinajstić information content (AvgIpc) is 2.79. The molecule has 30 heavy (non-hydrogen) atoms. The number of ether oxygens (including phenoxy) is 4. The predicted octanol–water partition coefficient (Wildman–Crippen LogP) is 3.36. The summed E-state index contributed by atoms with van der Waals surface area (Å²) in [6.45, 7) is 8.03. The summed E-state index contributed by atoms with van der Waals surface area (Å²) in [7, 11) is 4.54. The van der Waals surface area contributed by atoms with Gasteiger partial charge in [0, 0.05) is 18.7 Å². The third-order valence-electron chi connectivity index (χ3n) is 4.92. The number of benzene rings is 2. The van der Waals surface area contributed by atoms with E-state index in [0.717, 1.165) is 30.9 Å². The minimum absolute atomic E-state index is 0.272. The zero-order valence-corrected chi connectivity index (χ0v) is 18.5. The molecule has 0 aromatic heterocycles. The van der Waals surface area contributed by atoms with Gasteiger partial charge in [0.25, 0.3) is 5.91 Å². The second kappa shape index (κ2) is 11.9. The third-order valence-corrected chi connectivity index (χ3v) is 4.92. The zero-order valence-electron chi connectivity index (χ0n) is 18.5. The number of nitrogens with zero attached hydrogens (tertiary/aromatic N) is 1. The molecule has 0 unspecified atom stereocenters. The molecular weight excluding hydrogens is 384 g/mol. The van der Waals surface area contributed by atoms with Crippen LogP contribution >= 0.6 is 0 Å². The summed E-state index contributed by atoms with van der Waals surface area (Å²) in [5.74, 6) is 1.71. The molecular formula is C23H32N2O5. The Morgan fingerprint density at radius 3 is 2.23 bits per heavy atom. The minimum Gasteiger partial charge on any atom is -0.493 e. The van der Waals surface area contributed by atoms with Gasteiger partial charge in [-0.05, 0) is 31.3 Å². The van der Waals surface area contributed by atoms with Crippen LogP contribution < -0.4 is 24.3 Å². The first-order valence-corrected chi connectivity index (χ1v) is 10.1. The van der Waals surface area contributed by atoms with Gasteiger partial charge < -0.3 is 29.2 Å². The first kappa shape index (κ1) is 23.3. The molecule has 0 heterocycles. The summed E-state index contributed by atoms with van der Waals surface area (Å²) in [5.41, 5.74) is 1.28. The molecule has 0 saturated heterocycles. The molecule has 0 atom stereocenters. The quantitative estimate of drug-likeness (QED) is 0.572. The second-order valence-corrected chi connectivity index (χ2v) is 6.55. The van der Waals surface area contributed by atoms with Crippen LogP contribution in [0.25, 0.3) is 0 Å². The number of carbonyl (C=O) groups excluding carboxylic acids is 1. The van der Waals surface area contributed by atoms with Crippen LogP contribution in [0.1, 0.15) is 29.8 Å². The summed E-state index contributed by atoms with van der Waals surface area (Å²) in [5, 5.41) is 2.93. The topological polar surface area (TPSA) is 69.3 Å². The van der Waals surface area contributed by atoms with Crippen molar-refractivity contribution in [3.8, 4) is 23.0 Å². The van der Waals surface area contributed by atoms with Crippen molar-refractivity contribution >= 4 is 5.91 Å². The van der Waals surface area contributed by atoms with Crippen molar-refractivity contribution in [3.63, 3.8) is 0 Å². The van der Waals surface area contributed by atoms with Crippen molar-refractivity contribution in [1.82, 2.24) is 10.2 Å². The van der Waals surface area contributed by atoms with Crippen molar-refractivity contribution in [1.29, 1.82) is 0 Å². The van der Waals surface area contributed by atoms with Crippen molar-refractivity contribution in [2.24, 2.45) is 0 Å². The van der Waals surface area contributed by atoms with E-state index in [2.05, 4.69) is 24.1 Å². The fourth-order valence-electron chi connectivity index (χ4n) is 3.17. The number of amides is 1. The van der Waals surface area contributed by atoms with Gasteiger partial charge in [0.15, 0.2) is 11.5 Å². The predicted molar refractivity (Wildman–Crippen MR) is 117 cm³/mol. The summed E-state index contributed by atoms with van der Waals surface area (Å²) >= 11 is 0. The lowest BCUT2D eigenvalue weighted by atomic mass is 10.1. The molecule has 0 radical (unpaired) electrons. The van der Waals surface area contributed by atoms with Crippen LogP contribution in [-0.2, 0) is 6.54 Å². The molecule has 1 amide bonds. The standard InChI is InChI=1S/C23H32N2O5/c1-6-25(7-2)14-15-30-19-11-9-8-10-17(19)16-24-23(26)18-12-13-20(27-3)22(29-5)21(18)28-4/h8-13H,6-7,14-16H2,1-5H3,(H,24,26). The van der Waals surface area contributed by atoms with Gasteiger partial charge in [-0.15, -0.1) is 0 Å². The third kappa shape index (κ3) is 5.79. The SMILES string of the molecule is CCN(CC)CCOc1ccccc1CNC(=O)c1ccc(OC)c(OC)c1OC. The fourth-order valence-corrected chi connectivity index (χ4v) is 3.17. The van der Waals surface area contributed by atoms with Crippen LogP contribution in [0.5, 0.6) is 23.0 Å². The van der Waals surface area contributed by atoms with Gasteiger partial charge in [-0.2, -0.15) is 0 Å². The second-order valence-electron chi connectivity index (χ2n) is 6.55. The zero-order chi connectivity index (χ0) is 21.9. The number of hydrogen-bond donors (Lipinski definition) is 1. The van der Waals surface area contributed by atoms with E-state index in [1.165, 1.54) is 21.3 Å². The van der Waals surface area contributed by atoms with E-state index in [-0.39, 0.29) is 5.91 Å². The fraction of sp³-hybridized carbons (Fsp3) is 0.435. The Bertz CT molecular complexity index is 821. The highest BCUT2D eigenvalue weighted by Gasteiger charge is 2.20. The molecule has 1 N–H and O–H groups in total. The molecule has 0 spiro atoms. The maximum atomic E-state index is 12.8. The lowest BCUT2D eigenvalue weighted by molar-refractivity contribution is 0.0946. The molecule has 0 aliphatic rings. The Hall–Kier alpha value is -2.93. The number of rotatable bonds is 12. The van der Waals surface area contributed by atoms with Crippen LogP contribution in [0.3, 0.4) is 0 Å². The van der Waals surface area contributed by atoms with Gasteiger partial charge in [0.1, 0.15) is 12.4 Å². The number of hydrogen-bond acceptors (Lipinski definition) is 6. The summed E-state index contributed by atoms with van der Waals surface area (Å²) in [6.07, 6.45) is 0. The Kier molecular flexibility index (Phi) is 9.28. The molecule has 164 valence electrons. The van der Waals surface area contributed by atoms with Crippen molar-refractivity contribution in [2.75, 3.05) is 47.6 Å². The van der Waals surface area contributed by atoms with E-state index in [1.54, 1.807) is 12.1 Å². The number of likely N-dealkylation sites (N-methyl/N-ethyl adjacent to an activating group) is 1. The number of para-hydroxylation sites is 1. The van der Waals surface area contributed by atoms with E-state index in [4.69, 9.17) is 18.9 Å². The molecule has 2 rings (SSSR count). The normalized spacial score (nSPS) is 10.6. The first-order chi connectivity index (χ1) is 14.6. The number of nitrogens with one attached hydrogen (secondary N) is 1. The Morgan fingerprint density at radius 2 is 1.60 bits per heavy atom. The molecule has 0 saturated carbocycles. The van der Waals surface area contributed by atoms with Gasteiger partial charge in [-0.1, -0.05) is 32.0 Å². The largest absolute Gasteiger partial charge is 0.493 e. The average molecular weight is 417 g/mol. The van der Waals surface area contributed by atoms with Crippen LogP contribution in [0, 0.1) is 0 Å². The minimum atomic E-state index is -0.272. The molecule has 0 aliphatic carbocycles. The maximum absolute atomic E-state index is 12.8. The number of methoxy groups -OCH3 is 3. The van der Waals surface area contributed by atoms with E-state index in [9.17, 15) is 4.79 Å². The van der Waals surface area contributed by atoms with E-state index >= 15 is 0 Å². The smallest absolute Gasteiger partial charge is 0.255 e. The molecule has 7 heteroatoms. The van der Waals surface area contributed by atoms with E-state index in [0.29, 0.717) is 36.0 Å². The summed E-state index contributed by atoms with van der Waals surface area (Å²) < 4.78 is 22.0. The lowest BCUT2D eigenvalue weighted by Gasteiger charge is -2.19. The first-order valence-electron chi connectivity index (χ1n) is 10.1. The van der Waals surface area contributed by atoms with Crippen LogP contribution in [-0.4, -0.2) is 58.4 Å². The van der Waals surface area contributed by atoms with Crippen molar-refractivity contribution in [2.45, 2.75) is 20.4 Å². The van der Waals surface area contributed by atoms with Gasteiger partial charge in [0.05, 0.1) is 26.9 Å². The summed E-state index contributed by atoms with van der Waals surface area (Å²) in [6, 6.07) is 11.0. The molecule has 2 aromatic rings. The van der Waals surface area contributed by atoms with Crippen LogP contribution in [0.4, 0.5) is 0 Å². The summed E-state index contributed by atoms with van der Waals surface area (Å²) in [4.78, 5) is 15.1. The Balaban J connectivity index is 2.08. The molecule has 7 nitrogen and oxygen atoms in total. The Morgan fingerprint density at radius 1 is 0.900 bits per heavy atom. The Labute approximate surface area is 178 Å². The highest BCUT2D eigenvalue weighted by atomic mass is 16.5. The lowest BCUT2D eigenvalue weighted by Crippen LogP contribution is -2.28. The molecule has 0 fully saturated rings. The van der Waals surface area contributed by atoms with Gasteiger partial charge >= 0.3 is 0 Å². The maximum Gasteiger partial charge on any atom is 0.255 e. The van der Waals surface area contributed by atoms with Gasteiger partial charge in [-0.25, -0.2) is 0 Å². The molecule has 0 aliphatic heterocycles. The molecule has 0 bridgehead atoms. The van der Waals surface area contributed by atoms with Crippen molar-refractivity contribution < 1.29 is 23.7 Å². The van der Waals surface area contributed by atoms with Crippen LogP contribution in [0.2, 0.25) is 0 Å². The van der Waals surface area contributed by atoms with Crippen molar-refractivity contribution in [3.05, 3.63) is 47.5 Å². The highest BCUT2D eigenvalue weighted by Crippen LogP contribution is 2.39. The van der Waals surface area contributed by atoms with Gasteiger partial charge in [0.2, 0.25) is 5.75 Å². The van der Waals surface area contributed by atoms with E-state index < -0.39 is 0 Å². The van der Waals surface area contributed by atoms with E-state index in [1.807, 2.05) is 24.3 Å². The number of carbonyl (C=O) groups is 1. The van der Waals surface area contributed by atoms with Crippen LogP contribution in [0.15, 0.2) is 36.4 Å². The van der Waals surface area contributed by atoms with Gasteiger partial charge in [-0.3, -0.25) is 4.79 Å². The molecule has 2 aromatic carbocycles. The highest BCUT2D eigenvalue weighted by molar-refractivity contribution is 5.98. The monoisotopic (exact) mass is 416 g/mol.